The van der Waals surface area contributed by atoms with Gasteiger partial charge in [-0.25, -0.2) is 0 Å². The quantitative estimate of drug-likeness (QED) is 0.836. The van der Waals surface area contributed by atoms with Crippen molar-refractivity contribution in [2.24, 2.45) is 0 Å². The van der Waals surface area contributed by atoms with Crippen LogP contribution in [-0.2, 0) is 4.79 Å². The van der Waals surface area contributed by atoms with Crippen LogP contribution in [0.4, 0.5) is 0 Å². The van der Waals surface area contributed by atoms with Crippen LogP contribution in [0.25, 0.3) is 6.08 Å². The van der Waals surface area contributed by atoms with Crippen LogP contribution >= 0.6 is 11.6 Å². The third kappa shape index (κ3) is 3.77. The maximum atomic E-state index is 12.2. The molecule has 124 valence electrons. The van der Waals surface area contributed by atoms with Gasteiger partial charge in [-0.2, -0.15) is 0 Å². The number of hydrogen-bond donors (Lipinski definition) is 1. The Hall–Kier alpha value is -1.76. The Labute approximate surface area is 139 Å². The standard InChI is InChI=1S/C16H19ClN2O4/c17-13-9-12(10-14-16(13)23-11-22-14)1-2-15(21)19-5-3-18(4-6-19)7-8-20/h1-2,9-10,20H,3-8,11H2. The number of nitrogens with zero attached hydrogens (tertiary/aromatic N) is 2. The number of halogens is 1. The van der Waals surface area contributed by atoms with Crippen molar-refractivity contribution in [2.75, 3.05) is 46.1 Å². The van der Waals surface area contributed by atoms with Gasteiger partial charge in [0.05, 0.1) is 11.6 Å². The molecule has 2 aliphatic rings. The van der Waals surface area contributed by atoms with Crippen LogP contribution in [0, 0.1) is 0 Å². The van der Waals surface area contributed by atoms with E-state index in [2.05, 4.69) is 4.90 Å². The Morgan fingerprint density at radius 3 is 2.78 bits per heavy atom. The van der Waals surface area contributed by atoms with Crippen molar-refractivity contribution in [3.8, 4) is 11.5 Å². The summed E-state index contributed by atoms with van der Waals surface area (Å²) in [6, 6.07) is 3.55. The van der Waals surface area contributed by atoms with Crippen LogP contribution in [0.15, 0.2) is 18.2 Å². The number of fused-ring (bicyclic) bond motifs is 1. The molecule has 0 radical (unpaired) electrons. The summed E-state index contributed by atoms with van der Waals surface area (Å²) in [6.45, 7) is 3.90. The molecule has 0 aliphatic carbocycles. The molecule has 1 aromatic rings. The molecule has 0 atom stereocenters. The molecule has 0 saturated carbocycles. The smallest absolute Gasteiger partial charge is 0.246 e. The van der Waals surface area contributed by atoms with E-state index in [-0.39, 0.29) is 19.3 Å². The maximum Gasteiger partial charge on any atom is 0.246 e. The third-order valence-electron chi connectivity index (χ3n) is 3.97. The first-order valence-electron chi connectivity index (χ1n) is 7.57. The molecule has 7 heteroatoms. The second-order valence-corrected chi connectivity index (χ2v) is 5.87. The summed E-state index contributed by atoms with van der Waals surface area (Å²) in [5.74, 6) is 1.12. The molecule has 6 nitrogen and oxygen atoms in total. The minimum atomic E-state index is -0.0255. The number of aliphatic hydroxyl groups is 1. The average molecular weight is 339 g/mol. The van der Waals surface area contributed by atoms with Gasteiger partial charge >= 0.3 is 0 Å². The zero-order valence-corrected chi connectivity index (χ0v) is 13.5. The zero-order valence-electron chi connectivity index (χ0n) is 12.7. The van der Waals surface area contributed by atoms with Gasteiger partial charge in [-0.05, 0) is 23.8 Å². The van der Waals surface area contributed by atoms with Gasteiger partial charge in [-0.1, -0.05) is 11.6 Å². The van der Waals surface area contributed by atoms with E-state index < -0.39 is 0 Å². The van der Waals surface area contributed by atoms with Gasteiger partial charge in [-0.3, -0.25) is 9.69 Å². The van der Waals surface area contributed by atoms with Crippen molar-refractivity contribution in [3.63, 3.8) is 0 Å². The number of amides is 1. The monoisotopic (exact) mass is 338 g/mol. The van der Waals surface area contributed by atoms with E-state index in [1.165, 1.54) is 0 Å². The van der Waals surface area contributed by atoms with Crippen LogP contribution < -0.4 is 9.47 Å². The van der Waals surface area contributed by atoms with Gasteiger partial charge < -0.3 is 19.5 Å². The molecule has 1 amide bonds. The fraction of sp³-hybridized carbons (Fsp3) is 0.438. The first-order valence-corrected chi connectivity index (χ1v) is 7.94. The molecule has 0 bridgehead atoms. The van der Waals surface area contributed by atoms with Gasteiger partial charge in [0.15, 0.2) is 11.5 Å². The van der Waals surface area contributed by atoms with Crippen molar-refractivity contribution in [3.05, 3.63) is 28.8 Å². The van der Waals surface area contributed by atoms with E-state index in [1.807, 2.05) is 0 Å². The van der Waals surface area contributed by atoms with Crippen LogP contribution in [0.3, 0.4) is 0 Å². The molecule has 0 unspecified atom stereocenters. The van der Waals surface area contributed by atoms with Crippen molar-refractivity contribution in [2.45, 2.75) is 0 Å². The highest BCUT2D eigenvalue weighted by Crippen LogP contribution is 2.40. The fourth-order valence-corrected chi connectivity index (χ4v) is 2.96. The molecule has 1 fully saturated rings. The Morgan fingerprint density at radius 1 is 1.26 bits per heavy atom. The van der Waals surface area contributed by atoms with E-state index >= 15 is 0 Å². The minimum Gasteiger partial charge on any atom is -0.454 e. The largest absolute Gasteiger partial charge is 0.454 e. The van der Waals surface area contributed by atoms with E-state index in [9.17, 15) is 4.79 Å². The SMILES string of the molecule is O=C(C=Cc1cc(Cl)c2c(c1)OCO2)N1CCN(CCO)CC1. The summed E-state index contributed by atoms with van der Waals surface area (Å²) in [6.07, 6.45) is 3.28. The summed E-state index contributed by atoms with van der Waals surface area (Å²) in [4.78, 5) is 16.2. The van der Waals surface area contributed by atoms with E-state index in [0.29, 0.717) is 36.2 Å². The van der Waals surface area contributed by atoms with Gasteiger partial charge in [0.2, 0.25) is 12.7 Å². The summed E-state index contributed by atoms with van der Waals surface area (Å²) >= 11 is 6.12. The van der Waals surface area contributed by atoms with Crippen molar-refractivity contribution in [1.29, 1.82) is 0 Å². The highest BCUT2D eigenvalue weighted by molar-refractivity contribution is 6.32. The second-order valence-electron chi connectivity index (χ2n) is 5.46. The van der Waals surface area contributed by atoms with Gasteiger partial charge in [0.1, 0.15) is 0 Å². The minimum absolute atomic E-state index is 0.0255. The van der Waals surface area contributed by atoms with E-state index in [0.717, 1.165) is 18.7 Å². The molecule has 2 aliphatic heterocycles. The lowest BCUT2D eigenvalue weighted by atomic mass is 10.2. The molecule has 3 rings (SSSR count). The van der Waals surface area contributed by atoms with Crippen molar-refractivity contribution in [1.82, 2.24) is 9.80 Å². The first-order chi connectivity index (χ1) is 11.2. The molecule has 0 aromatic heterocycles. The topological polar surface area (TPSA) is 62.2 Å². The average Bonchev–Trinajstić information content (AvgIpc) is 3.03. The number of piperazine rings is 1. The van der Waals surface area contributed by atoms with Gasteiger partial charge in [-0.15, -0.1) is 0 Å². The van der Waals surface area contributed by atoms with E-state index in [4.69, 9.17) is 26.2 Å². The lowest BCUT2D eigenvalue weighted by molar-refractivity contribution is -0.127. The molecular weight excluding hydrogens is 320 g/mol. The Bertz CT molecular complexity index is 612. The predicted octanol–water partition coefficient (Wildman–Crippen LogP) is 1.22. The van der Waals surface area contributed by atoms with Crippen LogP contribution in [0.5, 0.6) is 11.5 Å². The molecule has 0 spiro atoms. The maximum absolute atomic E-state index is 12.2. The number of carbonyl (C=O) groups is 1. The number of β-amino-alcohol motifs (C(OH)–C–C–N with tert-alkyl or cyclic N) is 1. The zero-order chi connectivity index (χ0) is 16.2. The highest BCUT2D eigenvalue weighted by Gasteiger charge is 2.20. The lowest BCUT2D eigenvalue weighted by Gasteiger charge is -2.33. The summed E-state index contributed by atoms with van der Waals surface area (Å²) < 4.78 is 10.6. The second kappa shape index (κ2) is 7.21. The molecule has 1 N–H and O–H groups in total. The number of ether oxygens (including phenoxy) is 2. The Balaban J connectivity index is 1.60. The summed E-state index contributed by atoms with van der Waals surface area (Å²) in [7, 11) is 0. The summed E-state index contributed by atoms with van der Waals surface area (Å²) in [5, 5.41) is 9.41. The van der Waals surface area contributed by atoms with Crippen LogP contribution in [0.1, 0.15) is 5.56 Å². The fourth-order valence-electron chi connectivity index (χ4n) is 2.69. The van der Waals surface area contributed by atoms with Gasteiger partial charge in [0.25, 0.3) is 0 Å². The summed E-state index contributed by atoms with van der Waals surface area (Å²) in [5.41, 5.74) is 0.798. The van der Waals surface area contributed by atoms with Crippen LogP contribution in [-0.4, -0.2) is 66.9 Å². The molecule has 2 heterocycles. The van der Waals surface area contributed by atoms with Crippen LogP contribution in [0.2, 0.25) is 5.02 Å². The number of aliphatic hydroxyl groups excluding tert-OH is 1. The predicted molar refractivity (Wildman–Crippen MR) is 86.7 cm³/mol. The Morgan fingerprint density at radius 2 is 2.04 bits per heavy atom. The Kier molecular flexibility index (Phi) is 5.05. The number of carbonyl (C=O) groups excluding carboxylic acids is 1. The van der Waals surface area contributed by atoms with Crippen molar-refractivity contribution >= 4 is 23.6 Å². The highest BCUT2D eigenvalue weighted by atomic mass is 35.5. The van der Waals surface area contributed by atoms with E-state index in [1.54, 1.807) is 29.2 Å². The lowest BCUT2D eigenvalue weighted by Crippen LogP contribution is -2.48. The van der Waals surface area contributed by atoms with Gasteiger partial charge in [0, 0.05) is 38.8 Å². The number of rotatable bonds is 4. The molecule has 1 aromatic carbocycles. The van der Waals surface area contributed by atoms with Crippen molar-refractivity contribution < 1.29 is 19.4 Å². The molecular formula is C16H19ClN2O4. The molecule has 1 saturated heterocycles. The normalized spacial score (nSPS) is 17.9. The molecule has 23 heavy (non-hydrogen) atoms. The first kappa shape index (κ1) is 16.1. The number of hydrogen-bond acceptors (Lipinski definition) is 5. The number of benzene rings is 1. The third-order valence-corrected chi connectivity index (χ3v) is 4.25.